The molecule has 140 valence electrons. The SMILES string of the molecule is COc1ccc(F)cc1-c1csc(NS(=O)(=O)/C=C/c2ccc(Cl)cc2)n1. The highest BCUT2D eigenvalue weighted by atomic mass is 35.5. The van der Waals surface area contributed by atoms with Crippen molar-refractivity contribution in [2.24, 2.45) is 0 Å². The van der Waals surface area contributed by atoms with Gasteiger partial charge >= 0.3 is 0 Å². The van der Waals surface area contributed by atoms with E-state index in [1.807, 2.05) is 0 Å². The Labute approximate surface area is 165 Å². The maximum absolute atomic E-state index is 13.5. The van der Waals surface area contributed by atoms with Gasteiger partial charge in [-0.2, -0.15) is 0 Å². The third-order valence-corrected chi connectivity index (χ3v) is 5.59. The molecule has 3 rings (SSSR count). The summed E-state index contributed by atoms with van der Waals surface area (Å²) in [6.45, 7) is 0. The smallest absolute Gasteiger partial charge is 0.256 e. The molecule has 9 heteroatoms. The number of anilines is 1. The highest BCUT2D eigenvalue weighted by Gasteiger charge is 2.14. The van der Waals surface area contributed by atoms with Gasteiger partial charge in [0.2, 0.25) is 0 Å². The number of sulfonamides is 1. The number of benzene rings is 2. The Morgan fingerprint density at radius 1 is 1.22 bits per heavy atom. The monoisotopic (exact) mass is 424 g/mol. The lowest BCUT2D eigenvalue weighted by Gasteiger charge is -2.06. The average Bonchev–Trinajstić information content (AvgIpc) is 3.09. The van der Waals surface area contributed by atoms with E-state index >= 15 is 0 Å². The van der Waals surface area contributed by atoms with Crippen LogP contribution in [0.2, 0.25) is 5.02 Å². The second kappa shape index (κ2) is 8.08. The van der Waals surface area contributed by atoms with Gasteiger partial charge in [-0.3, -0.25) is 4.72 Å². The molecule has 2 aromatic carbocycles. The number of methoxy groups -OCH3 is 1. The van der Waals surface area contributed by atoms with Gasteiger partial charge in [0.15, 0.2) is 5.13 Å². The molecule has 0 bridgehead atoms. The van der Waals surface area contributed by atoms with Crippen LogP contribution in [0.15, 0.2) is 53.3 Å². The average molecular weight is 425 g/mol. The molecule has 1 aromatic heterocycles. The van der Waals surface area contributed by atoms with E-state index in [1.165, 1.54) is 31.4 Å². The third-order valence-electron chi connectivity index (χ3n) is 3.48. The van der Waals surface area contributed by atoms with Gasteiger partial charge in [0.05, 0.1) is 18.2 Å². The lowest BCUT2D eigenvalue weighted by atomic mass is 10.1. The van der Waals surface area contributed by atoms with Crippen LogP contribution in [0.1, 0.15) is 5.56 Å². The number of halogens is 2. The van der Waals surface area contributed by atoms with Crippen molar-refractivity contribution in [1.29, 1.82) is 0 Å². The van der Waals surface area contributed by atoms with Crippen molar-refractivity contribution in [3.63, 3.8) is 0 Å². The Morgan fingerprint density at radius 2 is 1.96 bits per heavy atom. The minimum atomic E-state index is -3.76. The fourth-order valence-electron chi connectivity index (χ4n) is 2.22. The fraction of sp³-hybridized carbons (Fsp3) is 0.0556. The summed E-state index contributed by atoms with van der Waals surface area (Å²) in [5.74, 6) is 0.00516. The van der Waals surface area contributed by atoms with Crippen LogP contribution in [0.5, 0.6) is 5.75 Å². The first-order valence-electron chi connectivity index (χ1n) is 7.62. The van der Waals surface area contributed by atoms with E-state index < -0.39 is 15.8 Å². The minimum Gasteiger partial charge on any atom is -0.496 e. The van der Waals surface area contributed by atoms with E-state index in [0.717, 1.165) is 16.7 Å². The molecular weight excluding hydrogens is 411 g/mol. The number of rotatable bonds is 6. The molecule has 0 saturated heterocycles. The molecule has 0 aliphatic carbocycles. The molecule has 5 nitrogen and oxygen atoms in total. The molecule has 0 atom stereocenters. The summed E-state index contributed by atoms with van der Waals surface area (Å²) >= 11 is 6.89. The number of aromatic nitrogens is 1. The van der Waals surface area contributed by atoms with E-state index in [4.69, 9.17) is 16.3 Å². The van der Waals surface area contributed by atoms with Crippen LogP contribution in [0.3, 0.4) is 0 Å². The van der Waals surface area contributed by atoms with E-state index in [0.29, 0.717) is 27.6 Å². The Morgan fingerprint density at radius 3 is 2.67 bits per heavy atom. The van der Waals surface area contributed by atoms with E-state index in [9.17, 15) is 12.8 Å². The first-order chi connectivity index (χ1) is 12.9. The number of hydrogen-bond acceptors (Lipinski definition) is 5. The lowest BCUT2D eigenvalue weighted by Crippen LogP contribution is -2.08. The molecule has 1 heterocycles. The van der Waals surface area contributed by atoms with Crippen molar-refractivity contribution in [3.8, 4) is 17.0 Å². The van der Waals surface area contributed by atoms with Crippen molar-refractivity contribution in [2.75, 3.05) is 11.8 Å². The topological polar surface area (TPSA) is 68.3 Å². The van der Waals surface area contributed by atoms with Crippen LogP contribution in [0, 0.1) is 5.82 Å². The van der Waals surface area contributed by atoms with Crippen molar-refractivity contribution >= 4 is 44.2 Å². The summed E-state index contributed by atoms with van der Waals surface area (Å²) < 4.78 is 45.5. The van der Waals surface area contributed by atoms with Gasteiger partial charge in [0, 0.05) is 16.0 Å². The highest BCUT2D eigenvalue weighted by Crippen LogP contribution is 2.33. The number of hydrogen-bond donors (Lipinski definition) is 1. The lowest BCUT2D eigenvalue weighted by molar-refractivity contribution is 0.415. The van der Waals surface area contributed by atoms with Crippen LogP contribution < -0.4 is 9.46 Å². The third kappa shape index (κ3) is 5.06. The van der Waals surface area contributed by atoms with Crippen LogP contribution in [0.4, 0.5) is 9.52 Å². The molecule has 0 aliphatic rings. The fourth-order valence-corrected chi connectivity index (χ4v) is 4.14. The maximum Gasteiger partial charge on any atom is 0.256 e. The normalized spacial score (nSPS) is 11.7. The van der Waals surface area contributed by atoms with E-state index in [2.05, 4.69) is 9.71 Å². The van der Waals surface area contributed by atoms with Gasteiger partial charge < -0.3 is 4.74 Å². The number of nitrogens with one attached hydrogen (secondary N) is 1. The standard InChI is InChI=1S/C18H14ClFN2O3S2/c1-25-17-7-6-14(20)10-15(17)16-11-26-18(21-16)22-27(23,24)9-8-12-2-4-13(19)5-3-12/h2-11H,1H3,(H,21,22)/b9-8+. The molecule has 0 unspecified atom stereocenters. The summed E-state index contributed by atoms with van der Waals surface area (Å²) in [6.07, 6.45) is 1.45. The van der Waals surface area contributed by atoms with E-state index in [-0.39, 0.29) is 5.13 Å². The predicted octanol–water partition coefficient (Wildman–Crippen LogP) is 5.02. The number of thiazole rings is 1. The van der Waals surface area contributed by atoms with Gasteiger partial charge in [0.25, 0.3) is 10.0 Å². The first kappa shape index (κ1) is 19.3. The second-order valence-electron chi connectivity index (χ2n) is 5.38. The summed E-state index contributed by atoms with van der Waals surface area (Å²) in [5, 5.41) is 3.39. The summed E-state index contributed by atoms with van der Waals surface area (Å²) in [7, 11) is -2.29. The molecule has 27 heavy (non-hydrogen) atoms. The predicted molar refractivity (Wildman–Crippen MR) is 107 cm³/mol. The molecule has 0 amide bonds. The Kier molecular flexibility index (Phi) is 5.79. The van der Waals surface area contributed by atoms with Gasteiger partial charge in [-0.05, 0) is 42.0 Å². The molecule has 1 N–H and O–H groups in total. The zero-order valence-electron chi connectivity index (χ0n) is 14.0. The minimum absolute atomic E-state index is 0.164. The van der Waals surface area contributed by atoms with Gasteiger partial charge in [-0.15, -0.1) is 11.3 Å². The zero-order chi connectivity index (χ0) is 19.4. The first-order valence-corrected chi connectivity index (χ1v) is 10.4. The molecule has 0 aliphatic heterocycles. The van der Waals surface area contributed by atoms with Gasteiger partial charge in [0.1, 0.15) is 11.6 Å². The summed E-state index contributed by atoms with van der Waals surface area (Å²) in [5.41, 5.74) is 1.54. The molecular formula is C18H14ClFN2O3S2. The quantitative estimate of drug-likeness (QED) is 0.603. The highest BCUT2D eigenvalue weighted by molar-refractivity contribution is 7.95. The summed E-state index contributed by atoms with van der Waals surface area (Å²) in [6, 6.07) is 10.8. The van der Waals surface area contributed by atoms with E-state index in [1.54, 1.807) is 29.6 Å². The van der Waals surface area contributed by atoms with Crippen molar-refractivity contribution < 1.29 is 17.5 Å². The maximum atomic E-state index is 13.5. The van der Waals surface area contributed by atoms with Crippen LogP contribution in [0.25, 0.3) is 17.3 Å². The Bertz CT molecular complexity index is 1080. The Balaban J connectivity index is 1.79. The van der Waals surface area contributed by atoms with Crippen molar-refractivity contribution in [3.05, 3.63) is 69.7 Å². The van der Waals surface area contributed by atoms with Crippen molar-refractivity contribution in [1.82, 2.24) is 4.98 Å². The second-order valence-corrected chi connectivity index (χ2v) is 8.24. The molecule has 3 aromatic rings. The van der Waals surface area contributed by atoms with Crippen LogP contribution >= 0.6 is 22.9 Å². The van der Waals surface area contributed by atoms with Crippen LogP contribution in [-0.4, -0.2) is 20.5 Å². The largest absolute Gasteiger partial charge is 0.496 e. The number of ether oxygens (including phenoxy) is 1. The molecule has 0 radical (unpaired) electrons. The molecule has 0 spiro atoms. The molecule has 0 saturated carbocycles. The van der Waals surface area contributed by atoms with Crippen LogP contribution in [-0.2, 0) is 10.0 Å². The summed E-state index contributed by atoms with van der Waals surface area (Å²) in [4.78, 5) is 4.21. The zero-order valence-corrected chi connectivity index (χ0v) is 16.4. The number of nitrogens with zero attached hydrogens (tertiary/aromatic N) is 1. The van der Waals surface area contributed by atoms with Gasteiger partial charge in [-0.1, -0.05) is 23.7 Å². The van der Waals surface area contributed by atoms with Crippen molar-refractivity contribution in [2.45, 2.75) is 0 Å². The Hall–Kier alpha value is -2.42. The molecule has 0 fully saturated rings. The van der Waals surface area contributed by atoms with Gasteiger partial charge in [-0.25, -0.2) is 17.8 Å².